The number of carbonyl (C=O) groups excluding carboxylic acids is 2. The molecule has 0 spiro atoms. The number of hydrogen-bond donors (Lipinski definition) is 1. The molecule has 1 aromatic heterocycles. The molecule has 1 amide bonds. The Labute approximate surface area is 185 Å². The van der Waals surface area contributed by atoms with Gasteiger partial charge in [-0.1, -0.05) is 17.7 Å². The minimum Gasteiger partial charge on any atom is -0.507 e. The number of aromatic nitrogens is 1. The highest BCUT2D eigenvalue weighted by Crippen LogP contribution is 2.38. The number of ether oxygens (including phenoxy) is 1. The summed E-state index contributed by atoms with van der Waals surface area (Å²) in [5.41, 5.74) is 1.03. The SMILES string of the molecule is O=C1C(=O)N(CCCN2CCOCC2)[C@H](c2ccccn2)/C1=C(\O)c1ccc(Cl)cc1. The largest absolute Gasteiger partial charge is 0.507 e. The molecule has 7 nitrogen and oxygen atoms in total. The predicted octanol–water partition coefficient (Wildman–Crippen LogP) is 2.88. The Morgan fingerprint density at radius 3 is 2.52 bits per heavy atom. The van der Waals surface area contributed by atoms with Crippen molar-refractivity contribution in [1.82, 2.24) is 14.8 Å². The fraction of sp³-hybridized carbons (Fsp3) is 0.348. The Bertz CT molecular complexity index is 972. The molecule has 1 atom stereocenters. The number of carbonyl (C=O) groups is 2. The average Bonchev–Trinajstić information content (AvgIpc) is 3.05. The summed E-state index contributed by atoms with van der Waals surface area (Å²) in [5, 5.41) is 11.5. The quantitative estimate of drug-likeness (QED) is 0.421. The molecule has 0 radical (unpaired) electrons. The molecule has 1 aromatic carbocycles. The summed E-state index contributed by atoms with van der Waals surface area (Å²) in [6.45, 7) is 4.33. The van der Waals surface area contributed by atoms with E-state index in [1.165, 1.54) is 4.90 Å². The number of aliphatic hydroxyl groups excluding tert-OH is 1. The summed E-state index contributed by atoms with van der Waals surface area (Å²) in [5.74, 6) is -1.54. The van der Waals surface area contributed by atoms with Gasteiger partial charge in [-0.05, 0) is 42.8 Å². The maximum absolute atomic E-state index is 13.0. The first kappa shape index (κ1) is 21.5. The van der Waals surface area contributed by atoms with Gasteiger partial charge in [0.15, 0.2) is 0 Å². The topological polar surface area (TPSA) is 83.0 Å². The van der Waals surface area contributed by atoms with Gasteiger partial charge < -0.3 is 14.7 Å². The third kappa shape index (κ3) is 4.63. The van der Waals surface area contributed by atoms with Crippen molar-refractivity contribution in [2.24, 2.45) is 0 Å². The van der Waals surface area contributed by atoms with E-state index in [0.29, 0.717) is 42.5 Å². The van der Waals surface area contributed by atoms with Crippen molar-refractivity contribution >= 4 is 29.1 Å². The molecule has 3 heterocycles. The molecule has 0 aliphatic carbocycles. The zero-order valence-corrected chi connectivity index (χ0v) is 17.8. The first-order valence-corrected chi connectivity index (χ1v) is 10.7. The smallest absolute Gasteiger partial charge is 0.295 e. The van der Waals surface area contributed by atoms with Gasteiger partial charge in [-0.3, -0.25) is 19.5 Å². The maximum atomic E-state index is 13.0. The van der Waals surface area contributed by atoms with Gasteiger partial charge in [0.2, 0.25) is 0 Å². The summed E-state index contributed by atoms with van der Waals surface area (Å²) in [7, 11) is 0. The van der Waals surface area contributed by atoms with E-state index < -0.39 is 17.7 Å². The molecule has 4 rings (SSSR count). The van der Waals surface area contributed by atoms with E-state index in [2.05, 4.69) is 9.88 Å². The number of hydrogen-bond acceptors (Lipinski definition) is 6. The van der Waals surface area contributed by atoms with E-state index in [1.807, 2.05) is 0 Å². The van der Waals surface area contributed by atoms with Crippen LogP contribution in [0.4, 0.5) is 0 Å². The van der Waals surface area contributed by atoms with Crippen LogP contribution in [-0.2, 0) is 14.3 Å². The summed E-state index contributed by atoms with van der Waals surface area (Å²) >= 11 is 5.95. The first-order valence-electron chi connectivity index (χ1n) is 10.3. The zero-order chi connectivity index (χ0) is 21.8. The number of nitrogens with zero attached hydrogens (tertiary/aromatic N) is 3. The lowest BCUT2D eigenvalue weighted by atomic mass is 9.98. The number of halogens is 1. The average molecular weight is 442 g/mol. The Kier molecular flexibility index (Phi) is 6.65. The predicted molar refractivity (Wildman–Crippen MR) is 117 cm³/mol. The first-order chi connectivity index (χ1) is 15.1. The highest BCUT2D eigenvalue weighted by atomic mass is 35.5. The standard InChI is InChI=1S/C23H24ClN3O4/c24-17-7-5-16(6-8-17)21(28)19-20(18-4-1-2-9-25-18)27(23(30)22(19)29)11-3-10-26-12-14-31-15-13-26/h1-2,4-9,20,28H,3,10-15H2/b21-19+/t20-/m1/s1. The number of morpholine rings is 1. The third-order valence-corrected chi connectivity index (χ3v) is 5.85. The minimum atomic E-state index is -0.735. The lowest BCUT2D eigenvalue weighted by Gasteiger charge is -2.28. The van der Waals surface area contributed by atoms with Crippen LogP contribution in [0.1, 0.15) is 23.7 Å². The van der Waals surface area contributed by atoms with E-state index in [0.717, 1.165) is 19.6 Å². The van der Waals surface area contributed by atoms with Crippen molar-refractivity contribution in [2.75, 3.05) is 39.4 Å². The van der Waals surface area contributed by atoms with Crippen molar-refractivity contribution in [2.45, 2.75) is 12.5 Å². The van der Waals surface area contributed by atoms with Crippen molar-refractivity contribution < 1.29 is 19.4 Å². The second-order valence-electron chi connectivity index (χ2n) is 7.56. The van der Waals surface area contributed by atoms with Gasteiger partial charge in [0, 0.05) is 43.0 Å². The molecule has 0 unspecified atom stereocenters. The molecule has 2 aliphatic heterocycles. The van der Waals surface area contributed by atoms with E-state index in [-0.39, 0.29) is 11.3 Å². The minimum absolute atomic E-state index is 0.0531. The van der Waals surface area contributed by atoms with E-state index >= 15 is 0 Å². The lowest BCUT2D eigenvalue weighted by Crippen LogP contribution is -2.39. The molecule has 2 saturated heterocycles. The highest BCUT2D eigenvalue weighted by molar-refractivity contribution is 6.46. The Morgan fingerprint density at radius 1 is 1.10 bits per heavy atom. The van der Waals surface area contributed by atoms with Gasteiger partial charge in [0.05, 0.1) is 24.5 Å². The van der Waals surface area contributed by atoms with Crippen LogP contribution in [-0.4, -0.2) is 71.0 Å². The van der Waals surface area contributed by atoms with Crippen LogP contribution >= 0.6 is 11.6 Å². The van der Waals surface area contributed by atoms with Crippen LogP contribution in [0.15, 0.2) is 54.2 Å². The maximum Gasteiger partial charge on any atom is 0.295 e. The number of benzene rings is 1. The molecule has 162 valence electrons. The third-order valence-electron chi connectivity index (χ3n) is 5.60. The van der Waals surface area contributed by atoms with Crippen LogP contribution in [0.3, 0.4) is 0 Å². The van der Waals surface area contributed by atoms with Gasteiger partial charge in [-0.2, -0.15) is 0 Å². The van der Waals surface area contributed by atoms with Crippen LogP contribution in [0.2, 0.25) is 5.02 Å². The van der Waals surface area contributed by atoms with E-state index in [1.54, 1.807) is 48.7 Å². The molecular weight excluding hydrogens is 418 g/mol. The number of pyridine rings is 1. The van der Waals surface area contributed by atoms with Gasteiger partial charge in [0.1, 0.15) is 11.8 Å². The molecule has 2 aliphatic rings. The van der Waals surface area contributed by atoms with Crippen molar-refractivity contribution in [3.05, 3.63) is 70.5 Å². The van der Waals surface area contributed by atoms with Gasteiger partial charge >= 0.3 is 0 Å². The monoisotopic (exact) mass is 441 g/mol. The number of ketones is 1. The number of likely N-dealkylation sites (tertiary alicyclic amines) is 1. The van der Waals surface area contributed by atoms with Gasteiger partial charge in [-0.25, -0.2) is 0 Å². The van der Waals surface area contributed by atoms with Crippen molar-refractivity contribution in [3.8, 4) is 0 Å². The molecule has 0 bridgehead atoms. The molecule has 0 saturated carbocycles. The fourth-order valence-corrected chi connectivity index (χ4v) is 4.13. The summed E-state index contributed by atoms with van der Waals surface area (Å²) in [4.78, 5) is 34.1. The molecular formula is C23H24ClN3O4. The van der Waals surface area contributed by atoms with Gasteiger partial charge in [0.25, 0.3) is 11.7 Å². The number of aliphatic hydroxyl groups is 1. The van der Waals surface area contributed by atoms with Crippen LogP contribution < -0.4 is 0 Å². The lowest BCUT2D eigenvalue weighted by molar-refractivity contribution is -0.140. The summed E-state index contributed by atoms with van der Waals surface area (Å²) in [6.07, 6.45) is 2.32. The fourth-order valence-electron chi connectivity index (χ4n) is 4.01. The van der Waals surface area contributed by atoms with Crippen LogP contribution in [0, 0.1) is 0 Å². The van der Waals surface area contributed by atoms with Crippen molar-refractivity contribution in [1.29, 1.82) is 0 Å². The second kappa shape index (κ2) is 9.60. The molecule has 2 fully saturated rings. The van der Waals surface area contributed by atoms with E-state index in [4.69, 9.17) is 16.3 Å². The van der Waals surface area contributed by atoms with E-state index in [9.17, 15) is 14.7 Å². The number of Topliss-reactive ketones (excluding diaryl/α,β-unsaturated/α-hetero) is 1. The normalized spacial score (nSPS) is 21.6. The number of amides is 1. The summed E-state index contributed by atoms with van der Waals surface area (Å²) < 4.78 is 5.37. The molecule has 1 N–H and O–H groups in total. The van der Waals surface area contributed by atoms with Crippen LogP contribution in [0.25, 0.3) is 5.76 Å². The Balaban J connectivity index is 1.64. The summed E-state index contributed by atoms with van der Waals surface area (Å²) in [6, 6.07) is 11.1. The molecule has 8 heteroatoms. The Hall–Kier alpha value is -2.74. The Morgan fingerprint density at radius 2 is 1.84 bits per heavy atom. The van der Waals surface area contributed by atoms with Gasteiger partial charge in [-0.15, -0.1) is 0 Å². The second-order valence-corrected chi connectivity index (χ2v) is 8.00. The van der Waals surface area contributed by atoms with Crippen molar-refractivity contribution in [3.63, 3.8) is 0 Å². The molecule has 31 heavy (non-hydrogen) atoms. The zero-order valence-electron chi connectivity index (χ0n) is 17.0. The number of rotatable bonds is 6. The van der Waals surface area contributed by atoms with Crippen LogP contribution in [0.5, 0.6) is 0 Å². The highest BCUT2D eigenvalue weighted by Gasteiger charge is 2.46. The molecule has 2 aromatic rings.